The number of thioether (sulfide) groups is 1. The second-order valence-corrected chi connectivity index (χ2v) is 7.43. The molecule has 0 saturated carbocycles. The third kappa shape index (κ3) is 6.02. The van der Waals surface area contributed by atoms with Crippen LogP contribution in [-0.2, 0) is 4.79 Å². The Balaban J connectivity index is 1.49. The molecule has 0 spiro atoms. The lowest BCUT2D eigenvalue weighted by atomic mass is 9.94. The zero-order valence-electron chi connectivity index (χ0n) is 12.7. The summed E-state index contributed by atoms with van der Waals surface area (Å²) in [5.74, 6) is 1.67. The number of carbonyl (C=O) groups excluding carboxylic acids is 1. The molecule has 2 saturated heterocycles. The number of likely N-dealkylation sites (tertiary alicyclic amines) is 1. The smallest absolute Gasteiger partial charge is 0.230 e. The molecule has 2 aliphatic heterocycles. The summed E-state index contributed by atoms with van der Waals surface area (Å²) in [5.41, 5.74) is 0. The minimum Gasteiger partial charge on any atom is -0.355 e. The van der Waals surface area contributed by atoms with Crippen LogP contribution >= 0.6 is 11.8 Å². The van der Waals surface area contributed by atoms with Gasteiger partial charge in [0.25, 0.3) is 0 Å². The van der Waals surface area contributed by atoms with Gasteiger partial charge in [0.1, 0.15) is 0 Å². The molecule has 0 unspecified atom stereocenters. The van der Waals surface area contributed by atoms with Crippen molar-refractivity contribution < 1.29 is 4.79 Å². The van der Waals surface area contributed by atoms with Crippen LogP contribution in [0.3, 0.4) is 0 Å². The first kappa shape index (κ1) is 16.1. The van der Waals surface area contributed by atoms with Crippen LogP contribution in [0.25, 0.3) is 0 Å². The van der Waals surface area contributed by atoms with Gasteiger partial charge in [0.05, 0.1) is 5.75 Å². The Bertz CT molecular complexity index is 287. The highest BCUT2D eigenvalue weighted by Gasteiger charge is 2.17. The zero-order valence-corrected chi connectivity index (χ0v) is 13.5. The number of nitrogens with zero attached hydrogens (tertiary/aromatic N) is 1. The van der Waals surface area contributed by atoms with Gasteiger partial charge in [-0.3, -0.25) is 4.79 Å². The molecule has 4 nitrogen and oxygen atoms in total. The summed E-state index contributed by atoms with van der Waals surface area (Å²) >= 11 is 1.83. The summed E-state index contributed by atoms with van der Waals surface area (Å²) < 4.78 is 0. The second kappa shape index (κ2) is 8.90. The van der Waals surface area contributed by atoms with Crippen molar-refractivity contribution in [3.8, 4) is 0 Å². The quantitative estimate of drug-likeness (QED) is 0.776. The summed E-state index contributed by atoms with van der Waals surface area (Å²) in [6.07, 6.45) is 6.13. The van der Waals surface area contributed by atoms with Gasteiger partial charge in [-0.15, -0.1) is 11.8 Å². The second-order valence-electron chi connectivity index (χ2n) is 6.15. The Hall–Kier alpha value is -0.260. The van der Waals surface area contributed by atoms with Crippen molar-refractivity contribution in [2.45, 2.75) is 37.4 Å². The monoisotopic (exact) mass is 299 g/mol. The normalized spacial score (nSPS) is 22.9. The molecule has 5 heteroatoms. The highest BCUT2D eigenvalue weighted by molar-refractivity contribution is 8.00. The molecule has 1 amide bonds. The average Bonchev–Trinajstić information content (AvgIpc) is 2.48. The van der Waals surface area contributed by atoms with E-state index >= 15 is 0 Å². The molecule has 2 heterocycles. The molecule has 0 aromatic heterocycles. The molecule has 0 atom stereocenters. The van der Waals surface area contributed by atoms with E-state index in [4.69, 9.17) is 0 Å². The maximum atomic E-state index is 11.8. The number of hydrogen-bond donors (Lipinski definition) is 2. The summed E-state index contributed by atoms with van der Waals surface area (Å²) in [7, 11) is 2.19. The van der Waals surface area contributed by atoms with E-state index in [1.807, 2.05) is 11.8 Å². The standard InChI is InChI=1S/C15H29N3OS/c1-18-10-5-13(6-11-18)2-9-17-15(19)12-20-14-3-7-16-8-4-14/h13-14,16H,2-12H2,1H3,(H,17,19). The SMILES string of the molecule is CN1CCC(CCNC(=O)CSC2CCNCC2)CC1. The lowest BCUT2D eigenvalue weighted by Crippen LogP contribution is -2.34. The predicted octanol–water partition coefficient (Wildman–Crippen LogP) is 1.32. The predicted molar refractivity (Wildman–Crippen MR) is 86.2 cm³/mol. The lowest BCUT2D eigenvalue weighted by Gasteiger charge is -2.28. The average molecular weight is 299 g/mol. The van der Waals surface area contributed by atoms with E-state index < -0.39 is 0 Å². The van der Waals surface area contributed by atoms with Crippen LogP contribution in [0.4, 0.5) is 0 Å². The minimum absolute atomic E-state index is 0.224. The molecule has 0 aromatic rings. The van der Waals surface area contributed by atoms with Crippen molar-refractivity contribution >= 4 is 17.7 Å². The molecule has 2 fully saturated rings. The third-order valence-corrected chi connectivity index (χ3v) is 5.82. The fraction of sp³-hybridized carbons (Fsp3) is 0.933. The Morgan fingerprint density at radius 2 is 1.95 bits per heavy atom. The first-order chi connectivity index (χ1) is 9.74. The fourth-order valence-corrected chi connectivity index (χ4v) is 4.03. The van der Waals surface area contributed by atoms with Gasteiger partial charge < -0.3 is 15.5 Å². The van der Waals surface area contributed by atoms with Gasteiger partial charge >= 0.3 is 0 Å². The number of hydrogen-bond acceptors (Lipinski definition) is 4. The minimum atomic E-state index is 0.224. The van der Waals surface area contributed by atoms with Crippen LogP contribution in [0.2, 0.25) is 0 Å². The Labute approximate surface area is 127 Å². The maximum absolute atomic E-state index is 11.8. The molecular formula is C15H29N3OS. The lowest BCUT2D eigenvalue weighted by molar-refractivity contribution is -0.118. The molecule has 116 valence electrons. The van der Waals surface area contributed by atoms with Gasteiger partial charge in [-0.2, -0.15) is 0 Å². The Morgan fingerprint density at radius 1 is 1.25 bits per heavy atom. The van der Waals surface area contributed by atoms with E-state index in [1.54, 1.807) is 0 Å². The largest absolute Gasteiger partial charge is 0.355 e. The molecular weight excluding hydrogens is 270 g/mol. The van der Waals surface area contributed by atoms with E-state index in [0.29, 0.717) is 11.0 Å². The van der Waals surface area contributed by atoms with E-state index in [2.05, 4.69) is 22.6 Å². The molecule has 2 rings (SSSR count). The first-order valence-corrected chi connectivity index (χ1v) is 9.06. The summed E-state index contributed by atoms with van der Waals surface area (Å²) in [6, 6.07) is 0. The van der Waals surface area contributed by atoms with Crippen LogP contribution in [0.15, 0.2) is 0 Å². The molecule has 2 aliphatic rings. The molecule has 0 aromatic carbocycles. The van der Waals surface area contributed by atoms with Crippen molar-refractivity contribution in [3.63, 3.8) is 0 Å². The van der Waals surface area contributed by atoms with Gasteiger partial charge in [-0.25, -0.2) is 0 Å². The highest BCUT2D eigenvalue weighted by atomic mass is 32.2. The number of carbonyl (C=O) groups is 1. The van der Waals surface area contributed by atoms with Gasteiger partial charge in [0, 0.05) is 11.8 Å². The topological polar surface area (TPSA) is 44.4 Å². The zero-order chi connectivity index (χ0) is 14.2. The number of amides is 1. The van der Waals surface area contributed by atoms with Gasteiger partial charge in [-0.05, 0) is 71.2 Å². The highest BCUT2D eigenvalue weighted by Crippen LogP contribution is 2.20. The van der Waals surface area contributed by atoms with Gasteiger partial charge in [0.15, 0.2) is 0 Å². The van der Waals surface area contributed by atoms with E-state index in [0.717, 1.165) is 32.0 Å². The van der Waals surface area contributed by atoms with Crippen LogP contribution < -0.4 is 10.6 Å². The summed E-state index contributed by atoms with van der Waals surface area (Å²) in [4.78, 5) is 14.2. The van der Waals surface area contributed by atoms with Crippen LogP contribution in [0.5, 0.6) is 0 Å². The van der Waals surface area contributed by atoms with Crippen molar-refractivity contribution in [2.24, 2.45) is 5.92 Å². The van der Waals surface area contributed by atoms with Crippen LogP contribution in [0.1, 0.15) is 32.1 Å². The Kier molecular flexibility index (Phi) is 7.17. The first-order valence-electron chi connectivity index (χ1n) is 8.01. The summed E-state index contributed by atoms with van der Waals surface area (Å²) in [6.45, 7) is 5.50. The number of piperidine rings is 2. The number of nitrogens with one attached hydrogen (secondary N) is 2. The van der Waals surface area contributed by atoms with Crippen molar-refractivity contribution in [3.05, 3.63) is 0 Å². The fourth-order valence-electron chi connectivity index (χ4n) is 2.97. The maximum Gasteiger partial charge on any atom is 0.230 e. The molecule has 0 bridgehead atoms. The Morgan fingerprint density at radius 3 is 2.65 bits per heavy atom. The van der Waals surface area contributed by atoms with Crippen molar-refractivity contribution in [2.75, 3.05) is 45.5 Å². The van der Waals surface area contributed by atoms with Gasteiger partial charge in [-0.1, -0.05) is 0 Å². The van der Waals surface area contributed by atoms with Crippen molar-refractivity contribution in [1.82, 2.24) is 15.5 Å². The van der Waals surface area contributed by atoms with Crippen LogP contribution in [-0.4, -0.2) is 61.6 Å². The molecule has 2 N–H and O–H groups in total. The van der Waals surface area contributed by atoms with Crippen LogP contribution in [0, 0.1) is 5.92 Å². The molecule has 0 aliphatic carbocycles. The molecule has 0 radical (unpaired) electrons. The van der Waals surface area contributed by atoms with E-state index in [1.165, 1.54) is 38.8 Å². The van der Waals surface area contributed by atoms with Gasteiger partial charge in [0.2, 0.25) is 5.91 Å². The molecule has 20 heavy (non-hydrogen) atoms. The van der Waals surface area contributed by atoms with E-state index in [9.17, 15) is 4.79 Å². The third-order valence-electron chi connectivity index (χ3n) is 4.45. The van der Waals surface area contributed by atoms with E-state index in [-0.39, 0.29) is 5.91 Å². The number of rotatable bonds is 6. The van der Waals surface area contributed by atoms with Crippen molar-refractivity contribution in [1.29, 1.82) is 0 Å². The summed E-state index contributed by atoms with van der Waals surface area (Å²) in [5, 5.41) is 7.13.